The molecule has 0 bridgehead atoms. The third-order valence-electron chi connectivity index (χ3n) is 3.69. The second-order valence-electron chi connectivity index (χ2n) is 4.89. The highest BCUT2D eigenvalue weighted by atomic mass is 16.6. The van der Waals surface area contributed by atoms with Gasteiger partial charge in [0, 0.05) is 18.4 Å². The molecule has 100 valence electrons. The normalized spacial score (nSPS) is 16.8. The van der Waals surface area contributed by atoms with Crippen LogP contribution in [0.1, 0.15) is 38.1 Å². The molecule has 0 N–H and O–H groups in total. The van der Waals surface area contributed by atoms with Crippen molar-refractivity contribution in [1.82, 2.24) is 14.0 Å². The number of nitro groups is 1. The molecule has 0 spiro atoms. The number of hydrogen-bond acceptors (Lipinski definition) is 4. The SMILES string of the molecule is O=c1c2nc([N+](=O)[O-])cn2ccn1C1CCCCC1. The van der Waals surface area contributed by atoms with Crippen molar-refractivity contribution in [3.8, 4) is 0 Å². The van der Waals surface area contributed by atoms with Gasteiger partial charge in [-0.15, -0.1) is 0 Å². The van der Waals surface area contributed by atoms with Gasteiger partial charge in [-0.2, -0.15) is 0 Å². The zero-order valence-electron chi connectivity index (χ0n) is 10.4. The summed E-state index contributed by atoms with van der Waals surface area (Å²) in [5.41, 5.74) is -0.123. The first kappa shape index (κ1) is 11.9. The Kier molecular flexibility index (Phi) is 2.81. The van der Waals surface area contributed by atoms with Crippen LogP contribution in [0.4, 0.5) is 5.82 Å². The fraction of sp³-hybridized carbons (Fsp3) is 0.500. The number of fused-ring (bicyclic) bond motifs is 1. The molecule has 1 fully saturated rings. The molecule has 0 amide bonds. The lowest BCUT2D eigenvalue weighted by atomic mass is 9.95. The first-order valence-corrected chi connectivity index (χ1v) is 6.41. The Morgan fingerprint density at radius 2 is 2.00 bits per heavy atom. The van der Waals surface area contributed by atoms with E-state index in [9.17, 15) is 14.9 Å². The second kappa shape index (κ2) is 4.49. The summed E-state index contributed by atoms with van der Waals surface area (Å²) in [7, 11) is 0. The number of aromatic nitrogens is 3. The molecule has 3 rings (SSSR count). The van der Waals surface area contributed by atoms with Crippen LogP contribution < -0.4 is 5.56 Å². The van der Waals surface area contributed by atoms with Crippen molar-refractivity contribution in [3.63, 3.8) is 0 Å². The molecule has 7 heteroatoms. The van der Waals surface area contributed by atoms with Crippen LogP contribution >= 0.6 is 0 Å². The van der Waals surface area contributed by atoms with E-state index in [1.54, 1.807) is 17.0 Å². The first-order chi connectivity index (χ1) is 9.16. The molecule has 0 aliphatic heterocycles. The van der Waals surface area contributed by atoms with Crippen molar-refractivity contribution in [3.05, 3.63) is 39.1 Å². The zero-order chi connectivity index (χ0) is 13.4. The van der Waals surface area contributed by atoms with Gasteiger partial charge in [0.25, 0.3) is 0 Å². The minimum atomic E-state index is -0.586. The largest absolute Gasteiger partial charge is 0.382 e. The number of rotatable bonds is 2. The lowest BCUT2D eigenvalue weighted by Gasteiger charge is -2.23. The average molecular weight is 262 g/mol. The van der Waals surface area contributed by atoms with Gasteiger partial charge < -0.3 is 14.7 Å². The number of hydrogen-bond donors (Lipinski definition) is 0. The maximum atomic E-state index is 12.3. The van der Waals surface area contributed by atoms with Crippen molar-refractivity contribution < 1.29 is 4.92 Å². The Labute approximate surface area is 108 Å². The molecule has 1 saturated carbocycles. The molecule has 0 aromatic carbocycles. The lowest BCUT2D eigenvalue weighted by molar-refractivity contribution is -0.389. The standard InChI is InChI=1S/C12H14N4O3/c17-12-11-13-10(16(18)19)8-14(11)6-7-15(12)9-4-2-1-3-5-9/h6-9H,1-5H2. The van der Waals surface area contributed by atoms with Crippen LogP contribution in [0.3, 0.4) is 0 Å². The molecule has 2 aromatic rings. The average Bonchev–Trinajstić information content (AvgIpc) is 2.85. The van der Waals surface area contributed by atoms with Crippen molar-refractivity contribution in [2.24, 2.45) is 0 Å². The summed E-state index contributed by atoms with van der Waals surface area (Å²) in [4.78, 5) is 26.2. The third kappa shape index (κ3) is 2.00. The third-order valence-corrected chi connectivity index (χ3v) is 3.69. The van der Waals surface area contributed by atoms with Crippen molar-refractivity contribution in [1.29, 1.82) is 0 Å². The molecular weight excluding hydrogens is 248 g/mol. The smallest absolute Gasteiger partial charge is 0.358 e. The molecule has 2 heterocycles. The van der Waals surface area contributed by atoms with Gasteiger partial charge in [0.2, 0.25) is 0 Å². The maximum Gasteiger partial charge on any atom is 0.382 e. The van der Waals surface area contributed by atoms with Gasteiger partial charge in [-0.25, -0.2) is 0 Å². The van der Waals surface area contributed by atoms with Gasteiger partial charge in [0.1, 0.15) is 6.20 Å². The summed E-state index contributed by atoms with van der Waals surface area (Å²) in [6, 6.07) is 0.196. The summed E-state index contributed by atoms with van der Waals surface area (Å²) in [5.74, 6) is -0.293. The number of nitrogens with zero attached hydrogens (tertiary/aromatic N) is 4. The molecular formula is C12H14N4O3. The first-order valence-electron chi connectivity index (χ1n) is 6.41. The molecule has 7 nitrogen and oxygen atoms in total. The Balaban J connectivity index is 2.09. The zero-order valence-corrected chi connectivity index (χ0v) is 10.4. The van der Waals surface area contributed by atoms with Crippen LogP contribution in [0, 0.1) is 10.1 Å². The van der Waals surface area contributed by atoms with E-state index in [2.05, 4.69) is 4.98 Å². The summed E-state index contributed by atoms with van der Waals surface area (Å²) in [6.45, 7) is 0. The van der Waals surface area contributed by atoms with Gasteiger partial charge >= 0.3 is 17.0 Å². The minimum absolute atomic E-state index is 0.125. The van der Waals surface area contributed by atoms with Crippen LogP contribution in [-0.2, 0) is 0 Å². The molecule has 0 unspecified atom stereocenters. The van der Waals surface area contributed by atoms with E-state index >= 15 is 0 Å². The van der Waals surface area contributed by atoms with E-state index in [1.165, 1.54) is 17.0 Å². The van der Waals surface area contributed by atoms with Crippen LogP contribution in [0.5, 0.6) is 0 Å². The summed E-state index contributed by atoms with van der Waals surface area (Å²) < 4.78 is 3.09. The highest BCUT2D eigenvalue weighted by Crippen LogP contribution is 2.26. The van der Waals surface area contributed by atoms with Gasteiger partial charge in [-0.3, -0.25) is 9.20 Å². The van der Waals surface area contributed by atoms with Gasteiger partial charge in [0.15, 0.2) is 0 Å². The summed E-state index contributed by atoms with van der Waals surface area (Å²) in [5, 5.41) is 10.7. The molecule has 0 radical (unpaired) electrons. The molecule has 0 saturated heterocycles. The van der Waals surface area contributed by atoms with E-state index in [0.29, 0.717) is 0 Å². The second-order valence-corrected chi connectivity index (χ2v) is 4.89. The topological polar surface area (TPSA) is 82.4 Å². The highest BCUT2D eigenvalue weighted by Gasteiger charge is 2.21. The monoisotopic (exact) mass is 262 g/mol. The fourth-order valence-corrected chi connectivity index (χ4v) is 2.71. The van der Waals surface area contributed by atoms with Gasteiger partial charge in [-0.1, -0.05) is 19.3 Å². The van der Waals surface area contributed by atoms with E-state index < -0.39 is 4.92 Å². The van der Waals surface area contributed by atoms with Crippen molar-refractivity contribution in [2.75, 3.05) is 0 Å². The fourth-order valence-electron chi connectivity index (χ4n) is 2.71. The Morgan fingerprint density at radius 1 is 1.26 bits per heavy atom. The quantitative estimate of drug-likeness (QED) is 0.611. The summed E-state index contributed by atoms with van der Waals surface area (Å²) >= 11 is 0. The van der Waals surface area contributed by atoms with Crippen LogP contribution in [0.25, 0.3) is 5.65 Å². The van der Waals surface area contributed by atoms with Gasteiger partial charge in [0.05, 0.1) is 0 Å². The van der Waals surface area contributed by atoms with Crippen LogP contribution in [-0.4, -0.2) is 18.9 Å². The predicted octanol–water partition coefficient (Wildman–Crippen LogP) is 1.91. The highest BCUT2D eigenvalue weighted by molar-refractivity contribution is 5.41. The van der Waals surface area contributed by atoms with E-state index in [-0.39, 0.29) is 23.1 Å². The Morgan fingerprint density at radius 3 is 2.68 bits per heavy atom. The molecule has 1 aliphatic carbocycles. The Hall–Kier alpha value is -2.18. The molecule has 1 aliphatic rings. The predicted molar refractivity (Wildman–Crippen MR) is 68.2 cm³/mol. The molecule has 19 heavy (non-hydrogen) atoms. The minimum Gasteiger partial charge on any atom is -0.358 e. The lowest BCUT2D eigenvalue weighted by Crippen LogP contribution is -2.27. The van der Waals surface area contributed by atoms with E-state index in [0.717, 1.165) is 25.7 Å². The van der Waals surface area contributed by atoms with Crippen LogP contribution in [0.2, 0.25) is 0 Å². The van der Waals surface area contributed by atoms with Crippen molar-refractivity contribution >= 4 is 11.5 Å². The Bertz CT molecular complexity index is 682. The molecule has 2 aromatic heterocycles. The van der Waals surface area contributed by atoms with Crippen LogP contribution in [0.15, 0.2) is 23.4 Å². The maximum absolute atomic E-state index is 12.3. The molecule has 0 atom stereocenters. The van der Waals surface area contributed by atoms with Gasteiger partial charge in [-0.05, 0) is 22.7 Å². The van der Waals surface area contributed by atoms with Crippen molar-refractivity contribution in [2.45, 2.75) is 38.1 Å². The summed E-state index contributed by atoms with van der Waals surface area (Å²) in [6.07, 6.45) is 10.1. The van der Waals surface area contributed by atoms with E-state index in [4.69, 9.17) is 0 Å². The van der Waals surface area contributed by atoms with E-state index in [1.807, 2.05) is 0 Å². The number of imidazole rings is 1.